The summed E-state index contributed by atoms with van der Waals surface area (Å²) in [5, 5.41) is 6.58. The minimum absolute atomic E-state index is 0.0500. The third kappa shape index (κ3) is 8.70. The van der Waals surface area contributed by atoms with Crippen LogP contribution in [-0.4, -0.2) is 99.6 Å². The van der Waals surface area contributed by atoms with Crippen molar-refractivity contribution < 1.29 is 31.1 Å². The predicted molar refractivity (Wildman–Crippen MR) is 206 cm³/mol. The van der Waals surface area contributed by atoms with E-state index in [1.165, 1.54) is 13.8 Å². The van der Waals surface area contributed by atoms with Gasteiger partial charge in [-0.25, -0.2) is 0 Å². The Labute approximate surface area is 332 Å². The zero-order chi connectivity index (χ0) is 40.9. The molecule has 2 saturated heterocycles. The first-order chi connectivity index (χ1) is 26.2. The number of rotatable bonds is 10. The maximum Gasteiger partial charge on any atom is 0.436 e. The molecule has 2 aromatic carbocycles. The molecule has 304 valence electrons. The van der Waals surface area contributed by atoms with Gasteiger partial charge in [-0.15, -0.1) is 0 Å². The van der Waals surface area contributed by atoms with E-state index in [1.807, 2.05) is 61.8 Å². The number of halogens is 8. The van der Waals surface area contributed by atoms with Gasteiger partial charge in [0, 0.05) is 63.7 Å². The highest BCUT2D eigenvalue weighted by molar-refractivity contribution is 6.32. The number of carbonyl (C=O) groups excluding carboxylic acids is 1. The van der Waals surface area contributed by atoms with Crippen LogP contribution in [0.5, 0.6) is 0 Å². The summed E-state index contributed by atoms with van der Waals surface area (Å²) in [5.74, 6) is -0.371. The molecule has 4 heterocycles. The molecule has 0 amide bonds. The van der Waals surface area contributed by atoms with Crippen LogP contribution in [0, 0.1) is 41.5 Å². The van der Waals surface area contributed by atoms with Crippen LogP contribution in [0.1, 0.15) is 45.0 Å². The summed E-state index contributed by atoms with van der Waals surface area (Å²) in [7, 11) is 0. The summed E-state index contributed by atoms with van der Waals surface area (Å²) in [6.07, 6.45) is -9.65. The lowest BCUT2D eigenvalue weighted by Gasteiger charge is -2.44. The van der Waals surface area contributed by atoms with Gasteiger partial charge in [-0.1, -0.05) is 47.5 Å². The van der Waals surface area contributed by atoms with Gasteiger partial charge in [0.2, 0.25) is 0 Å². The molecule has 2 unspecified atom stereocenters. The van der Waals surface area contributed by atoms with Gasteiger partial charge in [0.05, 0.1) is 46.6 Å². The van der Waals surface area contributed by atoms with Gasteiger partial charge in [-0.05, 0) is 75.9 Å². The zero-order valence-electron chi connectivity index (χ0n) is 32.2. The molecule has 56 heavy (non-hydrogen) atoms. The van der Waals surface area contributed by atoms with Crippen LogP contribution < -0.4 is 9.80 Å². The maximum atomic E-state index is 15.2. The molecule has 9 nitrogen and oxygen atoms in total. The Kier molecular flexibility index (Phi) is 12.1. The molecule has 0 spiro atoms. The Hall–Kier alpha value is -3.79. The van der Waals surface area contributed by atoms with Crippen molar-refractivity contribution in [1.82, 2.24) is 29.4 Å². The molecule has 17 heteroatoms. The normalized spacial score (nSPS) is 17.5. The summed E-state index contributed by atoms with van der Waals surface area (Å²) < 4.78 is 86.1. The van der Waals surface area contributed by atoms with E-state index in [-0.39, 0.29) is 30.3 Å². The number of hydrogen-bond donors (Lipinski definition) is 0. The number of Topliss-reactive ketones (excluding diaryl/α,β-unsaturated/α-hetero) is 1. The van der Waals surface area contributed by atoms with Gasteiger partial charge in [-0.3, -0.25) is 24.0 Å². The van der Waals surface area contributed by atoms with Crippen LogP contribution >= 0.6 is 23.2 Å². The van der Waals surface area contributed by atoms with Crippen LogP contribution in [-0.2, 0) is 30.2 Å². The van der Waals surface area contributed by atoms with Crippen molar-refractivity contribution in [2.75, 3.05) is 62.2 Å². The third-order valence-electron chi connectivity index (χ3n) is 11.1. The first-order valence-electron chi connectivity index (χ1n) is 18.5. The lowest BCUT2D eigenvalue weighted by Crippen LogP contribution is -2.61. The second kappa shape index (κ2) is 16.2. The molecule has 2 aliphatic rings. The number of ketones is 1. The average Bonchev–Trinajstić information content (AvgIpc) is 3.60. The first-order valence-corrected chi connectivity index (χ1v) is 19.3. The molecule has 0 radical (unpaired) electrons. The predicted octanol–water partition coefficient (Wildman–Crippen LogP) is 7.93. The highest BCUT2D eigenvalue weighted by Crippen LogP contribution is 2.37. The lowest BCUT2D eigenvalue weighted by molar-refractivity contribution is -0.142. The molecule has 2 atom stereocenters. The molecular formula is C39H46Cl2F6N8O. The number of nitrogens with zero attached hydrogens (tertiary/aromatic N) is 8. The van der Waals surface area contributed by atoms with Crippen LogP contribution in [0.25, 0.3) is 0 Å². The second-order valence-corrected chi connectivity index (χ2v) is 15.7. The second-order valence-electron chi connectivity index (χ2n) is 14.9. The van der Waals surface area contributed by atoms with Gasteiger partial charge in [-0.2, -0.15) is 36.5 Å². The van der Waals surface area contributed by atoms with E-state index < -0.39 is 45.9 Å². The molecular weight excluding hydrogens is 781 g/mol. The summed E-state index contributed by atoms with van der Waals surface area (Å²) in [6.45, 7) is 14.1. The van der Waals surface area contributed by atoms with Crippen molar-refractivity contribution in [2.24, 2.45) is 0 Å². The number of carbonyl (C=O) groups is 1. The van der Waals surface area contributed by atoms with Gasteiger partial charge >= 0.3 is 12.4 Å². The Bertz CT molecular complexity index is 1920. The fourth-order valence-corrected chi connectivity index (χ4v) is 8.24. The van der Waals surface area contributed by atoms with Crippen molar-refractivity contribution >= 4 is 40.4 Å². The summed E-state index contributed by atoms with van der Waals surface area (Å²) >= 11 is 12.3. The Balaban J connectivity index is 1.36. The molecule has 4 aromatic rings. The molecule has 0 bridgehead atoms. The monoisotopic (exact) mass is 826 g/mol. The van der Waals surface area contributed by atoms with Crippen LogP contribution in [0.15, 0.2) is 36.4 Å². The van der Waals surface area contributed by atoms with Crippen molar-refractivity contribution in [1.29, 1.82) is 0 Å². The van der Waals surface area contributed by atoms with Crippen molar-refractivity contribution in [2.45, 2.75) is 79.1 Å². The van der Waals surface area contributed by atoms with E-state index in [1.54, 1.807) is 0 Å². The fourth-order valence-electron chi connectivity index (χ4n) is 7.76. The molecule has 0 aliphatic carbocycles. The number of hydrogen-bond acceptors (Lipinski definition) is 7. The number of aromatic nitrogens is 4. The average molecular weight is 828 g/mol. The third-order valence-corrected chi connectivity index (χ3v) is 12.0. The standard InChI is InChI=1S/C39H46Cl2F6N8O/c1-23-7-9-25(3)29(19-23)50-11-15-52(16-12-50)31(21-54-27(5)33(40)36(48-54)38(42,43)44)35(56)32(22-55-28(6)34(41)37(49-55)39(45,46)47)53-17-13-51(14-18-53)30-20-24(2)8-10-26(30)4/h7-10,19-20,31-32H,11-18,21-22H2,1-6H3. The minimum Gasteiger partial charge on any atom is -0.369 e. The molecule has 0 N–H and O–H groups in total. The largest absolute Gasteiger partial charge is 0.436 e. The zero-order valence-corrected chi connectivity index (χ0v) is 33.7. The van der Waals surface area contributed by atoms with E-state index >= 15 is 4.79 Å². The Morgan fingerprint density at radius 1 is 0.607 bits per heavy atom. The van der Waals surface area contributed by atoms with E-state index in [0.29, 0.717) is 52.4 Å². The number of benzene rings is 2. The highest BCUT2D eigenvalue weighted by atomic mass is 35.5. The van der Waals surface area contributed by atoms with Crippen molar-refractivity contribution in [3.05, 3.63) is 91.5 Å². The number of anilines is 2. The number of aryl methyl sites for hydroxylation is 4. The van der Waals surface area contributed by atoms with Crippen LogP contribution in [0.4, 0.5) is 37.7 Å². The van der Waals surface area contributed by atoms with Gasteiger partial charge in [0.25, 0.3) is 0 Å². The Morgan fingerprint density at radius 2 is 0.946 bits per heavy atom. The van der Waals surface area contributed by atoms with E-state index in [2.05, 4.69) is 32.1 Å². The molecule has 6 rings (SSSR count). The SMILES string of the molecule is Cc1ccc(C)c(N2CCN(C(Cn3nc(C(F)(F)F)c(Cl)c3C)C(=O)C(Cn3nc(C(F)(F)F)c(Cl)c3C)N3CCN(c4cc(C)ccc4C)CC3)CC2)c1. The lowest BCUT2D eigenvalue weighted by atomic mass is 9.99. The van der Waals surface area contributed by atoms with Crippen molar-refractivity contribution in [3.8, 4) is 0 Å². The quantitative estimate of drug-likeness (QED) is 0.151. The molecule has 0 saturated carbocycles. The highest BCUT2D eigenvalue weighted by Gasteiger charge is 2.43. The number of alkyl halides is 6. The van der Waals surface area contributed by atoms with Crippen LogP contribution in [0.3, 0.4) is 0 Å². The maximum absolute atomic E-state index is 15.2. The van der Waals surface area contributed by atoms with Crippen LogP contribution in [0.2, 0.25) is 10.0 Å². The molecule has 2 aliphatic heterocycles. The Morgan fingerprint density at radius 3 is 1.25 bits per heavy atom. The minimum atomic E-state index is -4.82. The molecule has 2 aromatic heterocycles. The van der Waals surface area contributed by atoms with E-state index in [0.717, 1.165) is 43.0 Å². The van der Waals surface area contributed by atoms with Gasteiger partial charge < -0.3 is 9.80 Å². The fraction of sp³-hybridized carbons (Fsp3) is 0.513. The summed E-state index contributed by atoms with van der Waals surface area (Å²) in [5.41, 5.74) is 4.08. The summed E-state index contributed by atoms with van der Waals surface area (Å²) in [6, 6.07) is 10.3. The topological polar surface area (TPSA) is 65.7 Å². The van der Waals surface area contributed by atoms with E-state index in [9.17, 15) is 26.3 Å². The smallest absolute Gasteiger partial charge is 0.369 e. The van der Waals surface area contributed by atoms with E-state index in [4.69, 9.17) is 23.2 Å². The summed E-state index contributed by atoms with van der Waals surface area (Å²) in [4.78, 5) is 23.6. The van der Waals surface area contributed by atoms with Crippen molar-refractivity contribution in [3.63, 3.8) is 0 Å². The van der Waals surface area contributed by atoms with Gasteiger partial charge in [0.15, 0.2) is 17.2 Å². The number of piperazine rings is 2. The first kappa shape index (κ1) is 41.8. The molecule has 2 fully saturated rings. The van der Waals surface area contributed by atoms with Gasteiger partial charge in [0.1, 0.15) is 0 Å².